The zero-order chi connectivity index (χ0) is 42.1. The molecule has 4 fully saturated rings. The lowest BCUT2D eigenvalue weighted by Gasteiger charge is -2.63. The highest BCUT2D eigenvalue weighted by atomic mass is 15.2. The van der Waals surface area contributed by atoms with Gasteiger partial charge in [-0.15, -0.1) is 0 Å². The summed E-state index contributed by atoms with van der Waals surface area (Å²) in [5.41, 5.74) is 19.9. The van der Waals surface area contributed by atoms with E-state index in [9.17, 15) is 0 Å². The van der Waals surface area contributed by atoms with Gasteiger partial charge in [0.2, 0.25) is 0 Å². The molecule has 6 aliphatic rings. The van der Waals surface area contributed by atoms with Crippen molar-refractivity contribution >= 4 is 60.7 Å². The fourth-order valence-electron chi connectivity index (χ4n) is 15.0. The van der Waals surface area contributed by atoms with Crippen LogP contribution in [0.5, 0.6) is 0 Å². The number of nitrogens with zero attached hydrogens (tertiary/aromatic N) is 3. The summed E-state index contributed by atoms with van der Waals surface area (Å²) in [4.78, 5) is 2.59. The van der Waals surface area contributed by atoms with Gasteiger partial charge < -0.3 is 14.0 Å². The van der Waals surface area contributed by atoms with Gasteiger partial charge in [-0.2, -0.15) is 0 Å². The molecule has 4 saturated carbocycles. The molecule has 1 aliphatic heterocycles. The largest absolute Gasteiger partial charge is 0.310 e. The number of anilines is 3. The molecule has 64 heavy (non-hydrogen) atoms. The van der Waals surface area contributed by atoms with E-state index in [0.717, 1.165) is 17.5 Å². The summed E-state index contributed by atoms with van der Waals surface area (Å²) in [6.07, 6.45) is 6.91. The summed E-state index contributed by atoms with van der Waals surface area (Å²) in [6.45, 7) is 4.81. The first-order valence-corrected chi connectivity index (χ1v) is 23.8. The Kier molecular flexibility index (Phi) is 6.92. The molecule has 308 valence electrons. The minimum atomic E-state index is -0.125. The number of fused-ring (bicyclic) bond motifs is 11. The van der Waals surface area contributed by atoms with E-state index in [-0.39, 0.29) is 10.8 Å². The average molecular weight is 824 g/mol. The molecule has 0 saturated heterocycles. The van der Waals surface area contributed by atoms with Crippen LogP contribution in [0.25, 0.3) is 66.1 Å². The third-order valence-corrected chi connectivity index (χ3v) is 17.3. The predicted molar refractivity (Wildman–Crippen MR) is 265 cm³/mol. The second-order valence-electron chi connectivity index (χ2n) is 20.5. The topological polar surface area (TPSA) is 13.1 Å². The number of aromatic nitrogens is 2. The quantitative estimate of drug-likeness (QED) is 0.172. The molecule has 16 rings (SSSR count). The van der Waals surface area contributed by atoms with E-state index in [0.29, 0.717) is 11.8 Å². The fourth-order valence-corrected chi connectivity index (χ4v) is 15.0. The standard InChI is InChI=1S/C61H49N3/c1-60(2)49-17-7-3-13-44(49)45-28-27-43(36-52(45)60)62(41-23-25-42(26-24-41)63-53-19-9-4-14-46(53)47-15-5-10-20-54(47)63)57-30-29-51-59-58(57)48-16-6-11-21-55(48)64(59)56-22-12-8-18-50(56)61(51)39-32-37-31-38(34-39)35-40(61)33-37/h3-30,36-40H,31-35H2,1-2H3. The zero-order valence-electron chi connectivity index (χ0n) is 36.4. The van der Waals surface area contributed by atoms with Gasteiger partial charge in [0.05, 0.1) is 33.4 Å². The van der Waals surface area contributed by atoms with Crippen LogP contribution in [0, 0.1) is 23.7 Å². The number of benzene rings is 8. The molecule has 0 N–H and O–H groups in total. The number of hydrogen-bond acceptors (Lipinski definition) is 1. The van der Waals surface area contributed by atoms with Crippen LogP contribution in [0.3, 0.4) is 0 Å². The SMILES string of the molecule is CC1(C)c2ccccc2-c2ccc(N(c3ccc(-n4c5ccccc5c5ccccc54)cc3)c3ccc4c5c3c3ccccc3n5-c3ccccc3C43C4CC5CC(C4)CC3C5)cc21. The maximum absolute atomic E-state index is 2.67. The van der Waals surface area contributed by atoms with Crippen LogP contribution in [-0.2, 0) is 10.8 Å². The highest BCUT2D eigenvalue weighted by molar-refractivity contribution is 6.18. The van der Waals surface area contributed by atoms with Crippen LogP contribution in [0.4, 0.5) is 17.1 Å². The molecule has 3 heterocycles. The highest BCUT2D eigenvalue weighted by Gasteiger charge is 2.61. The first-order chi connectivity index (χ1) is 31.5. The van der Waals surface area contributed by atoms with Crippen LogP contribution >= 0.6 is 0 Å². The van der Waals surface area contributed by atoms with Gasteiger partial charge in [-0.05, 0) is 156 Å². The van der Waals surface area contributed by atoms with Crippen LogP contribution < -0.4 is 4.90 Å². The first-order valence-electron chi connectivity index (χ1n) is 23.8. The van der Waals surface area contributed by atoms with Gasteiger partial charge in [0, 0.05) is 49.4 Å². The number of rotatable bonds is 4. The molecule has 3 heteroatoms. The molecule has 5 aliphatic carbocycles. The minimum Gasteiger partial charge on any atom is -0.310 e. The third kappa shape index (κ3) is 4.38. The van der Waals surface area contributed by atoms with Crippen LogP contribution in [0.15, 0.2) is 176 Å². The monoisotopic (exact) mass is 823 g/mol. The lowest BCUT2D eigenvalue weighted by Crippen LogP contribution is -2.57. The van der Waals surface area contributed by atoms with Crippen LogP contribution in [-0.4, -0.2) is 9.13 Å². The smallest absolute Gasteiger partial charge is 0.0603 e. The Balaban J connectivity index is 1.00. The van der Waals surface area contributed by atoms with Crippen molar-refractivity contribution in [3.63, 3.8) is 0 Å². The first kappa shape index (κ1) is 35.6. The lowest BCUT2D eigenvalue weighted by molar-refractivity contribution is -0.0418. The Morgan fingerprint density at radius 3 is 1.72 bits per heavy atom. The van der Waals surface area contributed by atoms with Crippen molar-refractivity contribution in [1.29, 1.82) is 0 Å². The number of para-hydroxylation sites is 4. The van der Waals surface area contributed by atoms with Crippen molar-refractivity contribution in [2.75, 3.05) is 4.90 Å². The molecule has 3 nitrogen and oxygen atoms in total. The molecule has 0 unspecified atom stereocenters. The second kappa shape index (κ2) is 12.4. The molecule has 10 aromatic rings. The van der Waals surface area contributed by atoms with Gasteiger partial charge >= 0.3 is 0 Å². The molecular formula is C61H49N3. The highest BCUT2D eigenvalue weighted by Crippen LogP contribution is 2.68. The molecule has 0 radical (unpaired) electrons. The van der Waals surface area contributed by atoms with Crippen LogP contribution in [0.1, 0.15) is 68.2 Å². The third-order valence-electron chi connectivity index (χ3n) is 17.3. The van der Waals surface area contributed by atoms with E-state index in [4.69, 9.17) is 0 Å². The second-order valence-corrected chi connectivity index (χ2v) is 20.5. The van der Waals surface area contributed by atoms with Crippen molar-refractivity contribution in [3.05, 3.63) is 198 Å². The molecule has 0 atom stereocenters. The summed E-state index contributed by atoms with van der Waals surface area (Å²) in [7, 11) is 0. The van der Waals surface area contributed by atoms with Crippen molar-refractivity contribution < 1.29 is 0 Å². The number of hydrogen-bond donors (Lipinski definition) is 0. The summed E-state index contributed by atoms with van der Waals surface area (Å²) < 4.78 is 5.10. The van der Waals surface area contributed by atoms with Gasteiger partial charge in [-0.25, -0.2) is 0 Å². The van der Waals surface area contributed by atoms with Crippen molar-refractivity contribution in [2.45, 2.75) is 56.8 Å². The van der Waals surface area contributed by atoms with E-state index in [1.54, 1.807) is 11.1 Å². The van der Waals surface area contributed by atoms with Gasteiger partial charge in [-0.1, -0.05) is 123 Å². The summed E-state index contributed by atoms with van der Waals surface area (Å²) in [5, 5.41) is 5.25. The van der Waals surface area contributed by atoms with Gasteiger partial charge in [0.1, 0.15) is 0 Å². The van der Waals surface area contributed by atoms with Crippen molar-refractivity contribution in [3.8, 4) is 22.5 Å². The van der Waals surface area contributed by atoms with E-state index >= 15 is 0 Å². The maximum atomic E-state index is 2.67. The lowest BCUT2D eigenvalue weighted by atomic mass is 9.41. The zero-order valence-corrected chi connectivity index (χ0v) is 36.4. The fraction of sp³-hybridized carbons (Fsp3) is 0.213. The van der Waals surface area contributed by atoms with E-state index in [1.807, 2.05) is 0 Å². The molecule has 4 bridgehead atoms. The Morgan fingerprint density at radius 2 is 1.02 bits per heavy atom. The van der Waals surface area contributed by atoms with Crippen molar-refractivity contribution in [2.24, 2.45) is 23.7 Å². The Morgan fingerprint density at radius 1 is 0.453 bits per heavy atom. The molecular weight excluding hydrogens is 775 g/mol. The normalized spacial score (nSPS) is 23.0. The van der Waals surface area contributed by atoms with E-state index in [2.05, 4.69) is 204 Å². The van der Waals surface area contributed by atoms with Crippen LogP contribution in [0.2, 0.25) is 0 Å². The van der Waals surface area contributed by atoms with E-state index < -0.39 is 0 Å². The molecule has 2 aromatic heterocycles. The van der Waals surface area contributed by atoms with Gasteiger partial charge in [0.25, 0.3) is 0 Å². The summed E-state index contributed by atoms with van der Waals surface area (Å²) in [6, 6.07) is 67.3. The molecule has 1 spiro atoms. The van der Waals surface area contributed by atoms with Gasteiger partial charge in [-0.3, -0.25) is 0 Å². The predicted octanol–water partition coefficient (Wildman–Crippen LogP) is 15.7. The van der Waals surface area contributed by atoms with Gasteiger partial charge in [0.15, 0.2) is 0 Å². The van der Waals surface area contributed by atoms with Crippen molar-refractivity contribution in [1.82, 2.24) is 9.13 Å². The summed E-state index contributed by atoms with van der Waals surface area (Å²) in [5.74, 6) is 3.13. The summed E-state index contributed by atoms with van der Waals surface area (Å²) >= 11 is 0. The maximum Gasteiger partial charge on any atom is 0.0603 e. The Labute approximate surface area is 374 Å². The molecule has 0 amide bonds. The minimum absolute atomic E-state index is 0.0311. The van der Waals surface area contributed by atoms with E-state index in [1.165, 1.54) is 121 Å². The Bertz CT molecular complexity index is 3530. The average Bonchev–Trinajstić information content (AvgIpc) is 3.94. The Hall–Kier alpha value is -6.84. The molecule has 8 aromatic carbocycles.